The molecule has 5 heteroatoms. The van der Waals surface area contributed by atoms with Gasteiger partial charge in [-0.2, -0.15) is 0 Å². The fourth-order valence-electron chi connectivity index (χ4n) is 1.95. The van der Waals surface area contributed by atoms with Crippen molar-refractivity contribution in [3.05, 3.63) is 60.7 Å². The number of aromatic nitrogens is 3. The molecule has 0 amide bonds. The summed E-state index contributed by atoms with van der Waals surface area (Å²) in [4.78, 5) is 11.6. The minimum Gasteiger partial charge on any atom is -0.367 e. The van der Waals surface area contributed by atoms with Crippen LogP contribution in [0.1, 0.15) is 5.56 Å². The summed E-state index contributed by atoms with van der Waals surface area (Å²) in [5, 5.41) is 3.17. The number of hydrogen-bond acceptors (Lipinski definition) is 4. The molecule has 0 aliphatic heterocycles. The second kappa shape index (κ2) is 5.54. The summed E-state index contributed by atoms with van der Waals surface area (Å²) in [6, 6.07) is 9.88. The number of rotatable bonds is 4. The quantitative estimate of drug-likeness (QED) is 0.677. The average Bonchev–Trinajstić information content (AvgIpc) is 3.02. The van der Waals surface area contributed by atoms with Crippen molar-refractivity contribution >= 4 is 11.6 Å². The standard InChI is InChI=1S/C15H15N5/c16-7-11-2-1-3-14(6-11)20-15-18-9-13(10-19-15)12-4-5-17-8-12/h1-6,8-10,17H,7,16H2,(H,18,19,20). The highest BCUT2D eigenvalue weighted by Crippen LogP contribution is 2.19. The first-order valence-electron chi connectivity index (χ1n) is 6.36. The zero-order valence-corrected chi connectivity index (χ0v) is 10.9. The Kier molecular flexibility index (Phi) is 3.43. The number of anilines is 2. The van der Waals surface area contributed by atoms with E-state index < -0.39 is 0 Å². The van der Waals surface area contributed by atoms with Crippen molar-refractivity contribution in [1.29, 1.82) is 0 Å². The van der Waals surface area contributed by atoms with E-state index in [1.165, 1.54) is 0 Å². The van der Waals surface area contributed by atoms with Crippen LogP contribution in [0.3, 0.4) is 0 Å². The maximum absolute atomic E-state index is 5.62. The highest BCUT2D eigenvalue weighted by Gasteiger charge is 2.01. The van der Waals surface area contributed by atoms with Crippen LogP contribution in [0.2, 0.25) is 0 Å². The molecule has 0 saturated carbocycles. The maximum Gasteiger partial charge on any atom is 0.227 e. The van der Waals surface area contributed by atoms with E-state index in [4.69, 9.17) is 5.73 Å². The third-order valence-electron chi connectivity index (χ3n) is 3.00. The number of aromatic amines is 1. The molecule has 3 aromatic rings. The van der Waals surface area contributed by atoms with Gasteiger partial charge in [-0.1, -0.05) is 12.1 Å². The first-order chi connectivity index (χ1) is 9.85. The minimum absolute atomic E-state index is 0.517. The summed E-state index contributed by atoms with van der Waals surface area (Å²) in [6.07, 6.45) is 7.38. The van der Waals surface area contributed by atoms with Gasteiger partial charge in [0.2, 0.25) is 5.95 Å². The first-order valence-corrected chi connectivity index (χ1v) is 6.36. The van der Waals surface area contributed by atoms with Gasteiger partial charge >= 0.3 is 0 Å². The molecule has 4 N–H and O–H groups in total. The van der Waals surface area contributed by atoms with Crippen LogP contribution in [0.4, 0.5) is 11.6 Å². The lowest BCUT2D eigenvalue weighted by atomic mass is 10.2. The monoisotopic (exact) mass is 265 g/mol. The Morgan fingerprint density at radius 2 is 1.95 bits per heavy atom. The van der Waals surface area contributed by atoms with Crippen LogP contribution in [-0.4, -0.2) is 15.0 Å². The second-order valence-corrected chi connectivity index (χ2v) is 4.42. The SMILES string of the molecule is NCc1cccc(Nc2ncc(-c3cc[nH]c3)cn2)c1. The lowest BCUT2D eigenvalue weighted by molar-refractivity contribution is 1.07. The van der Waals surface area contributed by atoms with Gasteiger partial charge in [-0.05, 0) is 23.8 Å². The zero-order valence-electron chi connectivity index (χ0n) is 10.9. The third-order valence-corrected chi connectivity index (χ3v) is 3.00. The highest BCUT2D eigenvalue weighted by molar-refractivity contribution is 5.62. The number of H-pyrrole nitrogens is 1. The number of nitrogens with one attached hydrogen (secondary N) is 2. The first kappa shape index (κ1) is 12.4. The number of nitrogens with zero attached hydrogens (tertiary/aromatic N) is 2. The number of nitrogens with two attached hydrogens (primary N) is 1. The Morgan fingerprint density at radius 1 is 1.10 bits per heavy atom. The Labute approximate surface area is 116 Å². The summed E-state index contributed by atoms with van der Waals surface area (Å²) < 4.78 is 0. The summed E-state index contributed by atoms with van der Waals surface area (Å²) in [5.74, 6) is 0.568. The predicted molar refractivity (Wildman–Crippen MR) is 79.4 cm³/mol. The molecule has 0 aliphatic rings. The predicted octanol–water partition coefficient (Wildman–Crippen LogP) is 2.67. The van der Waals surface area contributed by atoms with Gasteiger partial charge in [0.1, 0.15) is 0 Å². The van der Waals surface area contributed by atoms with Gasteiger partial charge in [0.15, 0.2) is 0 Å². The minimum atomic E-state index is 0.517. The molecule has 0 saturated heterocycles. The molecule has 1 aromatic carbocycles. The van der Waals surface area contributed by atoms with Crippen molar-refractivity contribution in [2.24, 2.45) is 5.73 Å². The van der Waals surface area contributed by atoms with Gasteiger partial charge in [-0.3, -0.25) is 0 Å². The van der Waals surface area contributed by atoms with E-state index in [1.54, 1.807) is 12.4 Å². The fourth-order valence-corrected chi connectivity index (χ4v) is 1.95. The van der Waals surface area contributed by atoms with Crippen molar-refractivity contribution in [3.8, 4) is 11.1 Å². The van der Waals surface area contributed by atoms with Gasteiger partial charge < -0.3 is 16.0 Å². The van der Waals surface area contributed by atoms with Gasteiger partial charge in [0.25, 0.3) is 0 Å². The molecule has 2 heterocycles. The maximum atomic E-state index is 5.62. The van der Waals surface area contributed by atoms with E-state index in [0.717, 1.165) is 22.4 Å². The Hall–Kier alpha value is -2.66. The van der Waals surface area contributed by atoms with Crippen LogP contribution >= 0.6 is 0 Å². The molecule has 3 rings (SSSR count). The van der Waals surface area contributed by atoms with Gasteiger partial charge in [0, 0.05) is 48.1 Å². The molecule has 0 aliphatic carbocycles. The molecule has 5 nitrogen and oxygen atoms in total. The van der Waals surface area contributed by atoms with E-state index in [-0.39, 0.29) is 0 Å². The van der Waals surface area contributed by atoms with E-state index in [2.05, 4.69) is 20.3 Å². The van der Waals surface area contributed by atoms with Crippen LogP contribution in [0.15, 0.2) is 55.1 Å². The average molecular weight is 265 g/mol. The summed E-state index contributed by atoms with van der Waals surface area (Å²) >= 11 is 0. The van der Waals surface area contributed by atoms with Crippen molar-refractivity contribution < 1.29 is 0 Å². The Morgan fingerprint density at radius 3 is 2.65 bits per heavy atom. The number of benzene rings is 1. The molecule has 20 heavy (non-hydrogen) atoms. The van der Waals surface area contributed by atoms with Crippen LogP contribution in [0, 0.1) is 0 Å². The zero-order chi connectivity index (χ0) is 13.8. The van der Waals surface area contributed by atoms with Crippen molar-refractivity contribution in [2.75, 3.05) is 5.32 Å². The topological polar surface area (TPSA) is 79.6 Å². The van der Waals surface area contributed by atoms with Crippen LogP contribution in [-0.2, 0) is 6.54 Å². The molecular weight excluding hydrogens is 250 g/mol. The lowest BCUT2D eigenvalue weighted by Crippen LogP contribution is -1.99. The van der Waals surface area contributed by atoms with Crippen LogP contribution in [0.5, 0.6) is 0 Å². The molecule has 0 spiro atoms. The highest BCUT2D eigenvalue weighted by atomic mass is 15.1. The smallest absolute Gasteiger partial charge is 0.227 e. The van der Waals surface area contributed by atoms with Crippen molar-refractivity contribution in [1.82, 2.24) is 15.0 Å². The van der Waals surface area contributed by atoms with Crippen LogP contribution in [0.25, 0.3) is 11.1 Å². The van der Waals surface area contributed by atoms with Crippen molar-refractivity contribution in [2.45, 2.75) is 6.54 Å². The van der Waals surface area contributed by atoms with E-state index in [9.17, 15) is 0 Å². The van der Waals surface area contributed by atoms with Gasteiger partial charge in [-0.25, -0.2) is 9.97 Å². The van der Waals surface area contributed by atoms with Gasteiger partial charge in [0.05, 0.1) is 0 Å². The molecule has 100 valence electrons. The summed E-state index contributed by atoms with van der Waals surface area (Å²) in [5.41, 5.74) is 9.68. The summed E-state index contributed by atoms with van der Waals surface area (Å²) in [6.45, 7) is 0.517. The lowest BCUT2D eigenvalue weighted by Gasteiger charge is -2.06. The van der Waals surface area contributed by atoms with Gasteiger partial charge in [-0.15, -0.1) is 0 Å². The normalized spacial score (nSPS) is 10.4. The Bertz CT molecular complexity index is 674. The number of hydrogen-bond donors (Lipinski definition) is 3. The van der Waals surface area contributed by atoms with Crippen LogP contribution < -0.4 is 11.1 Å². The fraction of sp³-hybridized carbons (Fsp3) is 0.0667. The van der Waals surface area contributed by atoms with Crippen molar-refractivity contribution in [3.63, 3.8) is 0 Å². The second-order valence-electron chi connectivity index (χ2n) is 4.42. The molecule has 0 bridgehead atoms. The largest absolute Gasteiger partial charge is 0.367 e. The molecule has 0 atom stereocenters. The molecular formula is C15H15N5. The molecule has 0 fully saturated rings. The third kappa shape index (κ3) is 2.67. The van der Waals surface area contributed by atoms with E-state index in [1.807, 2.05) is 42.7 Å². The molecule has 2 aromatic heterocycles. The molecule has 0 unspecified atom stereocenters. The Balaban J connectivity index is 1.78. The van der Waals surface area contributed by atoms with E-state index in [0.29, 0.717) is 12.5 Å². The molecule has 0 radical (unpaired) electrons. The van der Waals surface area contributed by atoms with E-state index >= 15 is 0 Å². The summed E-state index contributed by atoms with van der Waals surface area (Å²) in [7, 11) is 0.